The summed E-state index contributed by atoms with van der Waals surface area (Å²) in [7, 11) is 1.95. The predicted octanol–water partition coefficient (Wildman–Crippen LogP) is 3.46. The molecular formula is C14H22FNOS. The van der Waals surface area contributed by atoms with Gasteiger partial charge in [-0.3, -0.25) is 0 Å². The Labute approximate surface area is 113 Å². The number of aliphatic hydroxyl groups excluding tert-OH is 1. The molecule has 4 heteroatoms. The minimum Gasteiger partial charge on any atom is -0.389 e. The van der Waals surface area contributed by atoms with Gasteiger partial charge in [0.05, 0.1) is 6.10 Å². The summed E-state index contributed by atoms with van der Waals surface area (Å²) in [6, 6.07) is 5.26. The number of thioether (sulfide) groups is 1. The summed E-state index contributed by atoms with van der Waals surface area (Å²) in [6.45, 7) is 3.72. The predicted molar refractivity (Wildman–Crippen MR) is 77.9 cm³/mol. The van der Waals surface area contributed by atoms with E-state index in [0.717, 1.165) is 17.9 Å². The van der Waals surface area contributed by atoms with E-state index in [1.807, 2.05) is 18.0 Å². The zero-order valence-corrected chi connectivity index (χ0v) is 12.3. The molecule has 0 aliphatic carbocycles. The van der Waals surface area contributed by atoms with Crippen molar-refractivity contribution in [2.45, 2.75) is 32.4 Å². The summed E-state index contributed by atoms with van der Waals surface area (Å²) in [5.41, 5.74) is 1.16. The smallest absolute Gasteiger partial charge is 0.131 e. The minimum absolute atomic E-state index is 0.316. The van der Waals surface area contributed by atoms with Crippen molar-refractivity contribution in [2.24, 2.45) is 0 Å². The monoisotopic (exact) mass is 271 g/mol. The van der Waals surface area contributed by atoms with E-state index in [4.69, 9.17) is 0 Å². The number of benzene rings is 1. The first-order chi connectivity index (χ1) is 8.49. The molecule has 1 aromatic rings. The first-order valence-corrected chi connectivity index (χ1v) is 7.56. The fourth-order valence-electron chi connectivity index (χ4n) is 1.97. The van der Waals surface area contributed by atoms with E-state index in [9.17, 15) is 9.50 Å². The fourth-order valence-corrected chi connectivity index (χ4v) is 2.54. The summed E-state index contributed by atoms with van der Waals surface area (Å²) >= 11 is 1.81. The molecule has 0 fully saturated rings. The van der Waals surface area contributed by atoms with E-state index in [1.165, 1.54) is 6.07 Å². The average molecular weight is 271 g/mol. The topological polar surface area (TPSA) is 23.5 Å². The second-order valence-corrected chi connectivity index (χ2v) is 5.58. The summed E-state index contributed by atoms with van der Waals surface area (Å²) < 4.78 is 13.8. The lowest BCUT2D eigenvalue weighted by molar-refractivity contribution is 0.194. The van der Waals surface area contributed by atoms with E-state index in [2.05, 4.69) is 13.2 Å². The number of hydrogen-bond donors (Lipinski definition) is 1. The Morgan fingerprint density at radius 2 is 2.06 bits per heavy atom. The first kappa shape index (κ1) is 15.3. The normalized spacial score (nSPS) is 14.3. The highest BCUT2D eigenvalue weighted by molar-refractivity contribution is 7.98. The molecule has 1 rings (SSSR count). The summed E-state index contributed by atoms with van der Waals surface area (Å²) in [6.07, 6.45) is 2.32. The van der Waals surface area contributed by atoms with Crippen molar-refractivity contribution in [1.82, 2.24) is 0 Å². The molecule has 1 unspecified atom stereocenters. The second kappa shape index (κ2) is 7.00. The van der Waals surface area contributed by atoms with Crippen molar-refractivity contribution in [3.05, 3.63) is 29.6 Å². The van der Waals surface area contributed by atoms with Gasteiger partial charge in [-0.25, -0.2) is 4.39 Å². The molecule has 0 radical (unpaired) electrons. The van der Waals surface area contributed by atoms with Gasteiger partial charge < -0.3 is 10.0 Å². The third-order valence-corrected chi connectivity index (χ3v) is 3.87. The third kappa shape index (κ3) is 3.62. The fraction of sp³-hybridized carbons (Fsp3) is 0.571. The maximum absolute atomic E-state index is 13.8. The minimum atomic E-state index is -0.795. The van der Waals surface area contributed by atoms with Crippen LogP contribution in [0.5, 0.6) is 0 Å². The van der Waals surface area contributed by atoms with Crippen LogP contribution in [0.1, 0.15) is 31.9 Å². The van der Waals surface area contributed by atoms with Gasteiger partial charge in [0, 0.05) is 24.3 Å². The van der Waals surface area contributed by atoms with Gasteiger partial charge in [0.15, 0.2) is 0 Å². The number of anilines is 1. The van der Waals surface area contributed by atoms with Crippen molar-refractivity contribution in [1.29, 1.82) is 0 Å². The quantitative estimate of drug-likeness (QED) is 0.857. The van der Waals surface area contributed by atoms with Crippen LogP contribution in [0.25, 0.3) is 0 Å². The molecule has 0 amide bonds. The Morgan fingerprint density at radius 3 is 2.61 bits per heavy atom. The molecule has 1 aromatic carbocycles. The van der Waals surface area contributed by atoms with Gasteiger partial charge >= 0.3 is 0 Å². The van der Waals surface area contributed by atoms with Gasteiger partial charge in [-0.2, -0.15) is 11.8 Å². The van der Waals surface area contributed by atoms with Crippen LogP contribution in [0.15, 0.2) is 18.2 Å². The van der Waals surface area contributed by atoms with Crippen molar-refractivity contribution in [3.8, 4) is 0 Å². The largest absolute Gasteiger partial charge is 0.389 e. The molecule has 18 heavy (non-hydrogen) atoms. The van der Waals surface area contributed by atoms with Gasteiger partial charge in [-0.05, 0) is 44.4 Å². The molecule has 0 spiro atoms. The molecular weight excluding hydrogens is 249 g/mol. The summed E-state index contributed by atoms with van der Waals surface area (Å²) in [5.74, 6) is 0.733. The van der Waals surface area contributed by atoms with E-state index >= 15 is 0 Å². The van der Waals surface area contributed by atoms with E-state index < -0.39 is 6.10 Å². The number of halogens is 1. The molecule has 0 aromatic heterocycles. The van der Waals surface area contributed by atoms with Crippen LogP contribution >= 0.6 is 11.8 Å². The van der Waals surface area contributed by atoms with Crippen LogP contribution in [0.2, 0.25) is 0 Å². The average Bonchev–Trinajstić information content (AvgIpc) is 2.34. The lowest BCUT2D eigenvalue weighted by atomic mass is 10.1. The van der Waals surface area contributed by atoms with Crippen LogP contribution in [0.4, 0.5) is 10.1 Å². The second-order valence-electron chi connectivity index (χ2n) is 4.59. The standard InChI is InChI=1S/C14H22FNOS/c1-10(8-9-18-4)16(3)13-7-5-6-12(15)14(13)11(2)17/h5-7,10-11,17H,8-9H2,1-4H3/t10?,11-/m1/s1. The maximum Gasteiger partial charge on any atom is 0.131 e. The maximum atomic E-state index is 13.8. The van der Waals surface area contributed by atoms with Crippen LogP contribution in [0, 0.1) is 5.82 Å². The Balaban J connectivity index is 2.97. The molecule has 1 N–H and O–H groups in total. The highest BCUT2D eigenvalue weighted by Crippen LogP contribution is 2.29. The Bertz CT molecular complexity index is 384. The van der Waals surface area contributed by atoms with Crippen molar-refractivity contribution >= 4 is 17.4 Å². The number of aliphatic hydroxyl groups is 1. The molecule has 0 saturated heterocycles. The van der Waals surface area contributed by atoms with Gasteiger partial charge in [-0.1, -0.05) is 6.07 Å². The molecule has 0 saturated carbocycles. The summed E-state index contributed by atoms with van der Waals surface area (Å²) in [5, 5.41) is 9.72. The van der Waals surface area contributed by atoms with Gasteiger partial charge in [-0.15, -0.1) is 0 Å². The molecule has 2 nitrogen and oxygen atoms in total. The molecule has 102 valence electrons. The van der Waals surface area contributed by atoms with Crippen LogP contribution in [-0.4, -0.2) is 30.2 Å². The van der Waals surface area contributed by atoms with Gasteiger partial charge in [0.1, 0.15) is 5.82 Å². The molecule has 0 aliphatic heterocycles. The highest BCUT2D eigenvalue weighted by atomic mass is 32.2. The number of rotatable bonds is 6. The Hall–Kier alpha value is -0.740. The molecule has 0 aliphatic rings. The zero-order chi connectivity index (χ0) is 13.7. The van der Waals surface area contributed by atoms with Gasteiger partial charge in [0.25, 0.3) is 0 Å². The lowest BCUT2D eigenvalue weighted by Crippen LogP contribution is -2.30. The van der Waals surface area contributed by atoms with Gasteiger partial charge in [0.2, 0.25) is 0 Å². The van der Waals surface area contributed by atoms with Crippen LogP contribution in [-0.2, 0) is 0 Å². The lowest BCUT2D eigenvalue weighted by Gasteiger charge is -2.29. The van der Waals surface area contributed by atoms with E-state index in [-0.39, 0.29) is 5.82 Å². The van der Waals surface area contributed by atoms with Crippen molar-refractivity contribution < 1.29 is 9.50 Å². The third-order valence-electron chi connectivity index (χ3n) is 3.23. The van der Waals surface area contributed by atoms with Crippen LogP contribution in [0.3, 0.4) is 0 Å². The SMILES string of the molecule is CSCCC(C)N(C)c1cccc(F)c1[C@@H](C)O. The van der Waals surface area contributed by atoms with Crippen molar-refractivity contribution in [2.75, 3.05) is 24.0 Å². The van der Waals surface area contributed by atoms with E-state index in [0.29, 0.717) is 11.6 Å². The number of hydrogen-bond acceptors (Lipinski definition) is 3. The molecule has 0 heterocycles. The van der Waals surface area contributed by atoms with E-state index in [1.54, 1.807) is 24.8 Å². The summed E-state index contributed by atoms with van der Waals surface area (Å²) in [4.78, 5) is 2.04. The first-order valence-electron chi connectivity index (χ1n) is 6.17. The Kier molecular flexibility index (Phi) is 5.96. The highest BCUT2D eigenvalue weighted by Gasteiger charge is 2.19. The molecule has 0 bridgehead atoms. The van der Waals surface area contributed by atoms with Crippen LogP contribution < -0.4 is 4.90 Å². The Morgan fingerprint density at radius 1 is 1.39 bits per heavy atom. The zero-order valence-electron chi connectivity index (χ0n) is 11.5. The molecule has 2 atom stereocenters. The van der Waals surface area contributed by atoms with Crippen molar-refractivity contribution in [3.63, 3.8) is 0 Å². The number of nitrogens with zero attached hydrogens (tertiary/aromatic N) is 1.